The second-order valence-corrected chi connectivity index (χ2v) is 6.34. The predicted octanol–water partition coefficient (Wildman–Crippen LogP) is 2.16. The quantitative estimate of drug-likeness (QED) is 0.831. The SMILES string of the molecule is CCOCC1CC(F)(F)CN1C1CN(C(=O)c2occc2C)C1. The molecule has 5 nitrogen and oxygen atoms in total. The van der Waals surface area contributed by atoms with Gasteiger partial charge in [0.15, 0.2) is 5.76 Å². The Kier molecular flexibility index (Phi) is 4.42. The van der Waals surface area contributed by atoms with E-state index < -0.39 is 5.92 Å². The fourth-order valence-corrected chi connectivity index (χ4v) is 3.32. The zero-order chi connectivity index (χ0) is 16.6. The van der Waals surface area contributed by atoms with Crippen molar-refractivity contribution >= 4 is 5.91 Å². The third-order valence-corrected chi connectivity index (χ3v) is 4.61. The molecule has 0 spiro atoms. The number of carbonyl (C=O) groups is 1. The van der Waals surface area contributed by atoms with Crippen molar-refractivity contribution in [1.82, 2.24) is 9.80 Å². The first-order valence-electron chi connectivity index (χ1n) is 7.96. The van der Waals surface area contributed by atoms with E-state index in [-0.39, 0.29) is 31.0 Å². The Morgan fingerprint density at radius 2 is 2.22 bits per heavy atom. The van der Waals surface area contributed by atoms with Gasteiger partial charge >= 0.3 is 0 Å². The van der Waals surface area contributed by atoms with Gasteiger partial charge in [0.2, 0.25) is 0 Å². The molecule has 1 amide bonds. The number of carbonyl (C=O) groups excluding carboxylic acids is 1. The highest BCUT2D eigenvalue weighted by atomic mass is 19.3. The molecule has 7 heteroatoms. The summed E-state index contributed by atoms with van der Waals surface area (Å²) in [6.07, 6.45) is 1.31. The van der Waals surface area contributed by atoms with Crippen LogP contribution in [0.4, 0.5) is 8.78 Å². The van der Waals surface area contributed by atoms with Crippen LogP contribution in [0, 0.1) is 6.92 Å². The number of nitrogens with zero attached hydrogens (tertiary/aromatic N) is 2. The number of rotatable bonds is 5. The first-order chi connectivity index (χ1) is 10.9. The predicted molar refractivity (Wildman–Crippen MR) is 79.7 cm³/mol. The summed E-state index contributed by atoms with van der Waals surface area (Å²) in [7, 11) is 0. The van der Waals surface area contributed by atoms with Crippen LogP contribution < -0.4 is 0 Å². The van der Waals surface area contributed by atoms with Crippen LogP contribution in [0.5, 0.6) is 0 Å². The number of amides is 1. The molecule has 23 heavy (non-hydrogen) atoms. The fourth-order valence-electron chi connectivity index (χ4n) is 3.32. The Bertz CT molecular complexity index is 569. The van der Waals surface area contributed by atoms with E-state index in [4.69, 9.17) is 9.15 Å². The summed E-state index contributed by atoms with van der Waals surface area (Å²) in [6.45, 7) is 5.16. The van der Waals surface area contributed by atoms with Gasteiger partial charge < -0.3 is 14.1 Å². The van der Waals surface area contributed by atoms with Crippen LogP contribution >= 0.6 is 0 Å². The van der Waals surface area contributed by atoms with Gasteiger partial charge in [0, 0.05) is 43.8 Å². The molecule has 128 valence electrons. The number of likely N-dealkylation sites (tertiary alicyclic amines) is 2. The number of ether oxygens (including phenoxy) is 1. The maximum Gasteiger partial charge on any atom is 0.289 e. The molecule has 0 aromatic carbocycles. The minimum absolute atomic E-state index is 0.0342. The number of hydrogen-bond acceptors (Lipinski definition) is 4. The summed E-state index contributed by atoms with van der Waals surface area (Å²) in [4.78, 5) is 15.7. The molecule has 2 aliphatic heterocycles. The lowest BCUT2D eigenvalue weighted by Gasteiger charge is -2.45. The van der Waals surface area contributed by atoms with Gasteiger partial charge in [0.05, 0.1) is 19.4 Å². The molecule has 0 radical (unpaired) electrons. The van der Waals surface area contributed by atoms with Crippen LogP contribution in [0.1, 0.15) is 29.5 Å². The van der Waals surface area contributed by atoms with Crippen molar-refractivity contribution in [1.29, 1.82) is 0 Å². The highest BCUT2D eigenvalue weighted by Gasteiger charge is 2.50. The van der Waals surface area contributed by atoms with Crippen LogP contribution in [0.3, 0.4) is 0 Å². The molecule has 3 heterocycles. The van der Waals surface area contributed by atoms with E-state index in [1.54, 1.807) is 15.9 Å². The van der Waals surface area contributed by atoms with Gasteiger partial charge in [-0.15, -0.1) is 0 Å². The van der Waals surface area contributed by atoms with Crippen LogP contribution in [0.25, 0.3) is 0 Å². The molecule has 0 aliphatic carbocycles. The number of aryl methyl sites for hydroxylation is 1. The van der Waals surface area contributed by atoms with Gasteiger partial charge in [0.1, 0.15) is 0 Å². The molecular weight excluding hydrogens is 306 g/mol. The minimum atomic E-state index is -2.68. The van der Waals surface area contributed by atoms with Crippen molar-refractivity contribution in [2.75, 3.05) is 32.8 Å². The number of halogens is 2. The van der Waals surface area contributed by atoms with E-state index in [1.807, 2.05) is 13.8 Å². The Balaban J connectivity index is 1.59. The van der Waals surface area contributed by atoms with Crippen molar-refractivity contribution in [3.63, 3.8) is 0 Å². The third kappa shape index (κ3) is 3.26. The summed E-state index contributed by atoms with van der Waals surface area (Å²) < 4.78 is 38.0. The van der Waals surface area contributed by atoms with E-state index >= 15 is 0 Å². The summed E-state index contributed by atoms with van der Waals surface area (Å²) in [5, 5.41) is 0. The first kappa shape index (κ1) is 16.4. The Labute approximate surface area is 134 Å². The van der Waals surface area contributed by atoms with Crippen LogP contribution in [-0.4, -0.2) is 66.6 Å². The molecule has 0 saturated carbocycles. The highest BCUT2D eigenvalue weighted by molar-refractivity contribution is 5.93. The fraction of sp³-hybridized carbons (Fsp3) is 0.688. The Morgan fingerprint density at radius 1 is 1.48 bits per heavy atom. The lowest BCUT2D eigenvalue weighted by Crippen LogP contribution is -2.62. The van der Waals surface area contributed by atoms with E-state index in [9.17, 15) is 13.6 Å². The maximum atomic E-state index is 13.7. The molecule has 2 saturated heterocycles. The molecule has 0 N–H and O–H groups in total. The average molecular weight is 328 g/mol. The molecule has 2 fully saturated rings. The molecular formula is C16H22F2N2O3. The van der Waals surface area contributed by atoms with Gasteiger partial charge in [-0.3, -0.25) is 9.69 Å². The van der Waals surface area contributed by atoms with Crippen molar-refractivity contribution in [2.45, 2.75) is 38.3 Å². The molecule has 1 atom stereocenters. The normalized spacial score (nSPS) is 24.9. The van der Waals surface area contributed by atoms with E-state index in [0.29, 0.717) is 32.1 Å². The van der Waals surface area contributed by atoms with Crippen molar-refractivity contribution in [3.8, 4) is 0 Å². The van der Waals surface area contributed by atoms with Crippen LogP contribution in [-0.2, 0) is 4.74 Å². The molecule has 0 bridgehead atoms. The maximum absolute atomic E-state index is 13.7. The van der Waals surface area contributed by atoms with E-state index in [1.165, 1.54) is 6.26 Å². The number of furan rings is 1. The minimum Gasteiger partial charge on any atom is -0.459 e. The molecule has 3 rings (SSSR count). The highest BCUT2D eigenvalue weighted by Crippen LogP contribution is 2.35. The van der Waals surface area contributed by atoms with Crippen LogP contribution in [0.15, 0.2) is 16.7 Å². The van der Waals surface area contributed by atoms with E-state index in [0.717, 1.165) is 5.56 Å². The second-order valence-electron chi connectivity index (χ2n) is 6.34. The number of alkyl halides is 2. The van der Waals surface area contributed by atoms with Gasteiger partial charge in [-0.2, -0.15) is 0 Å². The summed E-state index contributed by atoms with van der Waals surface area (Å²) in [5.74, 6) is -2.51. The smallest absolute Gasteiger partial charge is 0.289 e. The van der Waals surface area contributed by atoms with Gasteiger partial charge in [-0.1, -0.05) is 0 Å². The van der Waals surface area contributed by atoms with Gasteiger partial charge in [-0.25, -0.2) is 8.78 Å². The summed E-state index contributed by atoms with van der Waals surface area (Å²) in [6, 6.07) is 1.43. The van der Waals surface area contributed by atoms with Crippen molar-refractivity contribution < 1.29 is 22.7 Å². The number of hydrogen-bond donors (Lipinski definition) is 0. The summed E-state index contributed by atoms with van der Waals surface area (Å²) >= 11 is 0. The average Bonchev–Trinajstić information content (AvgIpc) is 2.98. The lowest BCUT2D eigenvalue weighted by molar-refractivity contribution is -0.0156. The van der Waals surface area contributed by atoms with Crippen molar-refractivity contribution in [2.24, 2.45) is 0 Å². The molecule has 2 aliphatic rings. The Hall–Kier alpha value is -1.47. The second kappa shape index (κ2) is 6.20. The standard InChI is InChI=1S/C16H22F2N2O3/c1-3-22-9-12-6-16(17,18)10-20(12)13-7-19(8-13)15(21)14-11(2)4-5-23-14/h4-5,12-13H,3,6-10H2,1-2H3. The third-order valence-electron chi connectivity index (χ3n) is 4.61. The molecule has 1 aromatic rings. The molecule has 1 unspecified atom stereocenters. The van der Waals surface area contributed by atoms with E-state index in [2.05, 4.69) is 0 Å². The Morgan fingerprint density at radius 3 is 2.83 bits per heavy atom. The topological polar surface area (TPSA) is 45.9 Å². The van der Waals surface area contributed by atoms with Gasteiger partial charge in [-0.05, 0) is 19.9 Å². The summed E-state index contributed by atoms with van der Waals surface area (Å²) in [5.41, 5.74) is 0.792. The van der Waals surface area contributed by atoms with Crippen LogP contribution in [0.2, 0.25) is 0 Å². The van der Waals surface area contributed by atoms with Gasteiger partial charge in [0.25, 0.3) is 11.8 Å². The molecule has 1 aromatic heterocycles. The zero-order valence-electron chi connectivity index (χ0n) is 13.4. The largest absolute Gasteiger partial charge is 0.459 e. The van der Waals surface area contributed by atoms with Crippen molar-refractivity contribution in [3.05, 3.63) is 23.7 Å². The zero-order valence-corrected chi connectivity index (χ0v) is 13.4. The monoisotopic (exact) mass is 328 g/mol. The first-order valence-corrected chi connectivity index (χ1v) is 7.96. The lowest BCUT2D eigenvalue weighted by atomic mass is 10.0.